The molecule has 2 heterocycles. The third-order valence-electron chi connectivity index (χ3n) is 4.42. The molecule has 1 aromatic carbocycles. The van der Waals surface area contributed by atoms with Gasteiger partial charge in [-0.15, -0.1) is 0 Å². The number of carbonyl (C=O) groups excluding carboxylic acids is 1. The van der Waals surface area contributed by atoms with Crippen molar-refractivity contribution in [1.82, 2.24) is 14.9 Å². The lowest BCUT2D eigenvalue weighted by Crippen LogP contribution is -2.32. The molecule has 4 nitrogen and oxygen atoms in total. The first kappa shape index (κ1) is 15.6. The van der Waals surface area contributed by atoms with Gasteiger partial charge in [-0.2, -0.15) is 0 Å². The molecule has 1 amide bonds. The molecule has 0 radical (unpaired) electrons. The molecular formula is C18H20FN3O. The minimum Gasteiger partial charge on any atom is -0.335 e. The highest BCUT2D eigenvalue weighted by molar-refractivity contribution is 5.77. The lowest BCUT2D eigenvalue weighted by Gasteiger charge is -2.27. The number of halogens is 1. The number of aromatic nitrogens is 2. The molecule has 1 aliphatic rings. The van der Waals surface area contributed by atoms with Crippen LogP contribution < -0.4 is 0 Å². The Kier molecular flexibility index (Phi) is 4.65. The van der Waals surface area contributed by atoms with E-state index in [4.69, 9.17) is 0 Å². The summed E-state index contributed by atoms with van der Waals surface area (Å²) in [5.41, 5.74) is 1.69. The summed E-state index contributed by atoms with van der Waals surface area (Å²) in [6.07, 6.45) is 6.85. The molecule has 2 aromatic rings. The zero-order chi connectivity index (χ0) is 16.2. The summed E-state index contributed by atoms with van der Waals surface area (Å²) in [4.78, 5) is 22.7. The maximum absolute atomic E-state index is 13.5. The van der Waals surface area contributed by atoms with E-state index >= 15 is 0 Å². The van der Waals surface area contributed by atoms with Crippen LogP contribution in [0.4, 0.5) is 4.39 Å². The molecule has 120 valence electrons. The van der Waals surface area contributed by atoms with Crippen molar-refractivity contribution in [2.24, 2.45) is 5.92 Å². The van der Waals surface area contributed by atoms with Gasteiger partial charge in [0, 0.05) is 31.6 Å². The van der Waals surface area contributed by atoms with Crippen LogP contribution in [0, 0.1) is 11.7 Å². The Balaban J connectivity index is 1.71. The summed E-state index contributed by atoms with van der Waals surface area (Å²) in [7, 11) is 0. The SMILES string of the molecule is CC1CCN(C(=O)CCc2cnccn2)C1c1cccc(F)c1. The lowest BCUT2D eigenvalue weighted by atomic mass is 9.95. The topological polar surface area (TPSA) is 46.1 Å². The first-order valence-corrected chi connectivity index (χ1v) is 7.95. The van der Waals surface area contributed by atoms with Gasteiger partial charge in [0.1, 0.15) is 5.82 Å². The number of benzene rings is 1. The average molecular weight is 313 g/mol. The molecule has 0 saturated carbocycles. The van der Waals surface area contributed by atoms with Gasteiger partial charge < -0.3 is 4.90 Å². The monoisotopic (exact) mass is 313 g/mol. The van der Waals surface area contributed by atoms with Crippen LogP contribution in [0.2, 0.25) is 0 Å². The normalized spacial score (nSPS) is 20.7. The Morgan fingerprint density at radius 3 is 3.00 bits per heavy atom. The Morgan fingerprint density at radius 2 is 2.26 bits per heavy atom. The molecule has 0 bridgehead atoms. The van der Waals surface area contributed by atoms with Gasteiger partial charge >= 0.3 is 0 Å². The highest BCUT2D eigenvalue weighted by Crippen LogP contribution is 2.37. The summed E-state index contributed by atoms with van der Waals surface area (Å²) in [6.45, 7) is 2.84. The number of hydrogen-bond donors (Lipinski definition) is 0. The number of nitrogens with zero attached hydrogens (tertiary/aromatic N) is 3. The number of likely N-dealkylation sites (tertiary alicyclic amines) is 1. The van der Waals surface area contributed by atoms with E-state index in [0.717, 1.165) is 24.2 Å². The van der Waals surface area contributed by atoms with Gasteiger partial charge in [0.25, 0.3) is 0 Å². The zero-order valence-electron chi connectivity index (χ0n) is 13.2. The van der Waals surface area contributed by atoms with Crippen molar-refractivity contribution < 1.29 is 9.18 Å². The number of hydrogen-bond acceptors (Lipinski definition) is 3. The van der Waals surface area contributed by atoms with Crippen molar-refractivity contribution in [1.29, 1.82) is 0 Å². The first-order chi connectivity index (χ1) is 11.1. The second-order valence-electron chi connectivity index (χ2n) is 6.05. The van der Waals surface area contributed by atoms with Gasteiger partial charge in [0.15, 0.2) is 0 Å². The second-order valence-corrected chi connectivity index (χ2v) is 6.05. The molecule has 0 spiro atoms. The molecule has 0 aliphatic carbocycles. The predicted molar refractivity (Wildman–Crippen MR) is 85.0 cm³/mol. The van der Waals surface area contributed by atoms with E-state index in [0.29, 0.717) is 18.8 Å². The molecule has 0 N–H and O–H groups in total. The average Bonchev–Trinajstić information content (AvgIpc) is 2.95. The van der Waals surface area contributed by atoms with E-state index in [1.165, 1.54) is 12.1 Å². The lowest BCUT2D eigenvalue weighted by molar-refractivity contribution is -0.132. The van der Waals surface area contributed by atoms with Crippen LogP contribution >= 0.6 is 0 Å². The van der Waals surface area contributed by atoms with Gasteiger partial charge in [-0.3, -0.25) is 14.8 Å². The fourth-order valence-corrected chi connectivity index (χ4v) is 3.26. The van der Waals surface area contributed by atoms with E-state index in [-0.39, 0.29) is 17.8 Å². The molecule has 1 fully saturated rings. The Labute approximate surface area is 135 Å². The van der Waals surface area contributed by atoms with Gasteiger partial charge in [0.05, 0.1) is 11.7 Å². The fraction of sp³-hybridized carbons (Fsp3) is 0.389. The minimum absolute atomic E-state index is 0.0416. The summed E-state index contributed by atoms with van der Waals surface area (Å²) in [6, 6.07) is 6.54. The molecule has 1 aliphatic heterocycles. The third kappa shape index (κ3) is 3.55. The van der Waals surface area contributed by atoms with Crippen molar-refractivity contribution in [3.8, 4) is 0 Å². The van der Waals surface area contributed by atoms with E-state index in [1.807, 2.05) is 11.0 Å². The van der Waals surface area contributed by atoms with Crippen molar-refractivity contribution in [3.05, 3.63) is 59.9 Å². The molecule has 1 aromatic heterocycles. The summed E-state index contributed by atoms with van der Waals surface area (Å²) < 4.78 is 13.5. The quantitative estimate of drug-likeness (QED) is 0.871. The Hall–Kier alpha value is -2.30. The standard InChI is InChI=1S/C18H20FN3O/c1-13-7-10-22(18(13)14-3-2-4-15(19)11-14)17(23)6-5-16-12-20-8-9-21-16/h2-4,8-9,11-13,18H,5-7,10H2,1H3. The van der Waals surface area contributed by atoms with Crippen LogP contribution in [0.3, 0.4) is 0 Å². The van der Waals surface area contributed by atoms with Crippen molar-refractivity contribution >= 4 is 5.91 Å². The van der Waals surface area contributed by atoms with Crippen molar-refractivity contribution in [3.63, 3.8) is 0 Å². The van der Waals surface area contributed by atoms with Gasteiger partial charge in [0.2, 0.25) is 5.91 Å². The molecular weight excluding hydrogens is 293 g/mol. The van der Waals surface area contributed by atoms with Gasteiger partial charge in [-0.1, -0.05) is 19.1 Å². The largest absolute Gasteiger partial charge is 0.335 e. The Bertz CT molecular complexity index is 677. The number of rotatable bonds is 4. The van der Waals surface area contributed by atoms with Crippen LogP contribution in [0.5, 0.6) is 0 Å². The third-order valence-corrected chi connectivity index (χ3v) is 4.42. The van der Waals surface area contributed by atoms with E-state index in [2.05, 4.69) is 16.9 Å². The number of carbonyl (C=O) groups is 1. The summed E-state index contributed by atoms with van der Waals surface area (Å²) in [5.74, 6) is 0.167. The highest BCUT2D eigenvalue weighted by Gasteiger charge is 2.35. The molecule has 5 heteroatoms. The molecule has 3 rings (SSSR count). The number of amides is 1. The van der Waals surface area contributed by atoms with Gasteiger partial charge in [-0.25, -0.2) is 4.39 Å². The van der Waals surface area contributed by atoms with Crippen LogP contribution in [0.15, 0.2) is 42.9 Å². The molecule has 2 atom stereocenters. The van der Waals surface area contributed by atoms with Crippen molar-refractivity contribution in [2.75, 3.05) is 6.54 Å². The summed E-state index contributed by atoms with van der Waals surface area (Å²) in [5, 5.41) is 0. The molecule has 1 saturated heterocycles. The van der Waals surface area contributed by atoms with E-state index < -0.39 is 0 Å². The van der Waals surface area contributed by atoms with E-state index in [1.54, 1.807) is 24.7 Å². The Morgan fingerprint density at radius 1 is 1.39 bits per heavy atom. The van der Waals surface area contributed by atoms with Crippen LogP contribution in [-0.4, -0.2) is 27.3 Å². The second kappa shape index (κ2) is 6.86. The van der Waals surface area contributed by atoms with Crippen molar-refractivity contribution in [2.45, 2.75) is 32.2 Å². The summed E-state index contributed by atoms with van der Waals surface area (Å²) >= 11 is 0. The van der Waals surface area contributed by atoms with Gasteiger partial charge in [-0.05, 0) is 36.5 Å². The van der Waals surface area contributed by atoms with Crippen LogP contribution in [0.25, 0.3) is 0 Å². The van der Waals surface area contributed by atoms with E-state index in [9.17, 15) is 9.18 Å². The zero-order valence-corrected chi connectivity index (χ0v) is 13.2. The molecule has 23 heavy (non-hydrogen) atoms. The number of aryl methyl sites for hydroxylation is 1. The van der Waals surface area contributed by atoms with Crippen LogP contribution in [0.1, 0.15) is 37.1 Å². The first-order valence-electron chi connectivity index (χ1n) is 7.95. The predicted octanol–water partition coefficient (Wildman–Crippen LogP) is 3.16. The maximum atomic E-state index is 13.5. The maximum Gasteiger partial charge on any atom is 0.223 e. The highest BCUT2D eigenvalue weighted by atomic mass is 19.1. The smallest absolute Gasteiger partial charge is 0.223 e. The molecule has 2 unspecified atom stereocenters. The fourth-order valence-electron chi connectivity index (χ4n) is 3.26. The van der Waals surface area contributed by atoms with Crippen LogP contribution in [-0.2, 0) is 11.2 Å². The minimum atomic E-state index is -0.256.